The molecule has 1 aliphatic heterocycles. The first kappa shape index (κ1) is 95.9. The van der Waals surface area contributed by atoms with Gasteiger partial charge in [-0.2, -0.15) is 0 Å². The van der Waals surface area contributed by atoms with E-state index in [9.17, 15) is 19.2 Å². The van der Waals surface area contributed by atoms with Gasteiger partial charge in [0.1, 0.15) is 54.3 Å². The van der Waals surface area contributed by atoms with Crippen LogP contribution in [0.1, 0.15) is 214 Å². The summed E-state index contributed by atoms with van der Waals surface area (Å²) in [5, 5.41) is 0. The molecule has 0 aliphatic carbocycles. The van der Waals surface area contributed by atoms with Gasteiger partial charge in [-0.15, -0.1) is 11.8 Å². The van der Waals surface area contributed by atoms with Gasteiger partial charge >= 0.3 is 11.9 Å². The normalized spacial score (nSPS) is 13.9. The summed E-state index contributed by atoms with van der Waals surface area (Å²) in [7, 11) is 0. The van der Waals surface area contributed by atoms with Crippen molar-refractivity contribution in [1.82, 2.24) is 4.90 Å². The van der Waals surface area contributed by atoms with Crippen LogP contribution in [0.2, 0.25) is 0 Å². The van der Waals surface area contributed by atoms with Crippen LogP contribution < -0.4 is 28.4 Å². The number of hydrogen-bond donors (Lipinski definition) is 0. The average Bonchev–Trinajstić information content (AvgIpc) is 1.64. The lowest BCUT2D eigenvalue weighted by Crippen LogP contribution is -2.34. The maximum atomic E-state index is 12.3. The molecule has 1 heterocycles. The van der Waals surface area contributed by atoms with Gasteiger partial charge in [-0.1, -0.05) is 192 Å². The Bertz CT molecular complexity index is 3770. The molecule has 0 bridgehead atoms. The predicted molar refractivity (Wildman–Crippen MR) is 459 cm³/mol. The van der Waals surface area contributed by atoms with Crippen molar-refractivity contribution >= 4 is 35.5 Å². The minimum atomic E-state index is -0.477. The summed E-state index contributed by atoms with van der Waals surface area (Å²) in [6, 6.07) is 67.6. The van der Waals surface area contributed by atoms with Crippen LogP contribution in [-0.2, 0) is 42.7 Å². The zero-order valence-electron chi connectivity index (χ0n) is 70.4. The highest BCUT2D eigenvalue weighted by molar-refractivity contribution is 7.99. The van der Waals surface area contributed by atoms with Crippen LogP contribution in [0, 0.1) is 0 Å². The summed E-state index contributed by atoms with van der Waals surface area (Å²) in [5.41, 5.74) is 7.48. The van der Waals surface area contributed by atoms with Crippen LogP contribution in [-0.4, -0.2) is 125 Å². The molecule has 10 unspecified atom stereocenters. The van der Waals surface area contributed by atoms with E-state index < -0.39 is 30.8 Å². The molecule has 0 radical (unpaired) electrons. The van der Waals surface area contributed by atoms with E-state index in [2.05, 4.69) is 167 Å². The summed E-state index contributed by atoms with van der Waals surface area (Å²) >= 11 is 1.80. The molecule has 2 amide bonds. The molecule has 0 saturated carbocycles. The second-order valence-corrected chi connectivity index (χ2v) is 28.7. The Labute approximate surface area is 689 Å². The maximum absolute atomic E-state index is 12.3. The second kappa shape index (κ2) is 54.9. The topological polar surface area (TPSA) is 192 Å². The van der Waals surface area contributed by atoms with E-state index >= 15 is 0 Å². The second-order valence-electron chi connectivity index (χ2n) is 27.5. The lowest BCUT2D eigenvalue weighted by Gasteiger charge is -2.18. The van der Waals surface area contributed by atoms with Crippen LogP contribution >= 0.6 is 11.8 Å². The Morgan fingerprint density at radius 2 is 0.600 bits per heavy atom. The van der Waals surface area contributed by atoms with E-state index in [0.717, 1.165) is 84.5 Å². The highest BCUT2D eigenvalue weighted by atomic mass is 32.2. The number of esters is 2. The fourth-order valence-electron chi connectivity index (χ4n) is 11.0. The third-order valence-corrected chi connectivity index (χ3v) is 19.9. The van der Waals surface area contributed by atoms with E-state index in [1.54, 1.807) is 56.8 Å². The van der Waals surface area contributed by atoms with Gasteiger partial charge in [0.25, 0.3) is 11.8 Å². The van der Waals surface area contributed by atoms with Crippen LogP contribution in [0.25, 0.3) is 0 Å². The number of imide groups is 1. The Morgan fingerprint density at radius 1 is 0.330 bits per heavy atom. The molecule has 9 rings (SSSR count). The van der Waals surface area contributed by atoms with Crippen molar-refractivity contribution in [3.63, 3.8) is 0 Å². The zero-order chi connectivity index (χ0) is 83.7. The number of ether oxygens (including phenoxy) is 13. The highest BCUT2D eigenvalue weighted by Crippen LogP contribution is 2.29. The largest absolute Gasteiger partial charge is 0.491 e. The number of nitrogens with zero attached hydrogens (tertiary/aromatic N) is 1. The number of benzene rings is 8. The highest BCUT2D eigenvalue weighted by Gasteiger charge is 2.35. The monoisotopic (exact) mass is 1600 g/mol. The summed E-state index contributed by atoms with van der Waals surface area (Å²) in [4.78, 5) is 48.8. The first-order valence-corrected chi connectivity index (χ1v) is 41.3. The number of carbonyl (C=O) groups is 4. The van der Waals surface area contributed by atoms with Gasteiger partial charge in [0.15, 0.2) is 31.5 Å². The van der Waals surface area contributed by atoms with Crippen LogP contribution in [0.4, 0.5) is 0 Å². The summed E-state index contributed by atoms with van der Waals surface area (Å²) in [6.07, 6.45) is 6.05. The molecule has 622 valence electrons. The predicted octanol–water partition coefficient (Wildman–Crippen LogP) is 22.3. The first-order valence-electron chi connectivity index (χ1n) is 40.3. The van der Waals surface area contributed by atoms with Crippen molar-refractivity contribution < 1.29 is 80.8 Å². The Kier molecular flexibility index (Phi) is 45.8. The van der Waals surface area contributed by atoms with E-state index in [4.69, 9.17) is 61.6 Å². The quantitative estimate of drug-likeness (QED) is 0.00874. The van der Waals surface area contributed by atoms with Crippen molar-refractivity contribution in [1.29, 1.82) is 0 Å². The Morgan fingerprint density at radius 3 is 0.896 bits per heavy atom. The number of thioether (sulfide) groups is 1. The van der Waals surface area contributed by atoms with Crippen LogP contribution in [0.3, 0.4) is 0 Å². The number of fused-ring (bicyclic) bond motifs is 1. The summed E-state index contributed by atoms with van der Waals surface area (Å²) < 4.78 is 71.6. The molecule has 0 spiro atoms. The molecule has 0 fully saturated rings. The average molecular weight is 1600 g/mol. The lowest BCUT2D eigenvalue weighted by atomic mass is 9.99. The van der Waals surface area contributed by atoms with Crippen molar-refractivity contribution in [2.75, 3.05) is 65.2 Å². The molecule has 8 aromatic rings. The van der Waals surface area contributed by atoms with Gasteiger partial charge < -0.3 is 61.6 Å². The Hall–Kier alpha value is -9.73. The van der Waals surface area contributed by atoms with Gasteiger partial charge in [-0.3, -0.25) is 14.5 Å². The van der Waals surface area contributed by atoms with E-state index in [-0.39, 0.29) is 64.0 Å². The molecular weight excluding hydrogens is 1470 g/mol. The number of para-hydroxylation sites is 1. The SMILES string of the molecule is C=CC(=O)OCCOC(C)Oc1ccc(C(C)CC)cc1.C=CC(=O)OCCOC(C)Oc1ccc(C(C)CC)cc1.CCC(C)c1ccc(OC(C)OCCN2C(=O)c3ccccc3C2=O)cc1.CCC(C)c1ccc(OC(C)OCCOc2ccccc2)cc1.CCC(C)c1ccc(OC(C)OCCSc2ccccc2)cc1. The van der Waals surface area contributed by atoms with Gasteiger partial charge in [0.2, 0.25) is 0 Å². The lowest BCUT2D eigenvalue weighted by molar-refractivity contribution is -0.143. The van der Waals surface area contributed by atoms with E-state index in [0.29, 0.717) is 60.5 Å². The fourth-order valence-corrected chi connectivity index (χ4v) is 11.8. The fraction of sp³-hybridized carbons (Fsp3) is 0.417. The summed E-state index contributed by atoms with van der Waals surface area (Å²) in [5.74, 6) is 7.06. The smallest absolute Gasteiger partial charge is 0.330 e. The van der Waals surface area contributed by atoms with Gasteiger partial charge in [0.05, 0.1) is 50.7 Å². The minimum absolute atomic E-state index is 0.186. The van der Waals surface area contributed by atoms with E-state index in [1.807, 2.05) is 111 Å². The molecule has 0 N–H and O–H groups in total. The third-order valence-electron chi connectivity index (χ3n) is 19.0. The third kappa shape index (κ3) is 37.2. The Balaban J connectivity index is 0.000000257. The molecule has 8 aromatic carbocycles. The molecule has 1 aliphatic rings. The van der Waals surface area contributed by atoms with Gasteiger partial charge in [-0.05, 0) is 221 Å². The zero-order valence-corrected chi connectivity index (χ0v) is 71.2. The molecule has 10 atom stereocenters. The van der Waals surface area contributed by atoms with Crippen LogP contribution in [0.15, 0.2) is 236 Å². The number of carbonyl (C=O) groups excluding carboxylic acids is 4. The number of amides is 2. The van der Waals surface area contributed by atoms with Crippen molar-refractivity contribution in [3.05, 3.63) is 271 Å². The molecule has 18 nitrogen and oxygen atoms in total. The van der Waals surface area contributed by atoms with Crippen LogP contribution in [0.5, 0.6) is 34.5 Å². The molecular formula is C96H125NO17S. The maximum Gasteiger partial charge on any atom is 0.330 e. The van der Waals surface area contributed by atoms with Gasteiger partial charge in [-0.25, -0.2) is 9.59 Å². The van der Waals surface area contributed by atoms with Crippen molar-refractivity contribution in [2.45, 2.75) is 202 Å². The molecule has 0 aromatic heterocycles. The van der Waals surface area contributed by atoms with Gasteiger partial charge in [0, 0.05) is 22.8 Å². The summed E-state index contributed by atoms with van der Waals surface area (Å²) in [6.45, 7) is 40.9. The molecule has 19 heteroatoms. The molecule has 115 heavy (non-hydrogen) atoms. The van der Waals surface area contributed by atoms with Crippen molar-refractivity contribution in [3.8, 4) is 34.5 Å². The number of hydrogen-bond acceptors (Lipinski definition) is 18. The van der Waals surface area contributed by atoms with E-state index in [1.165, 1.54) is 37.6 Å². The number of rotatable bonds is 44. The first-order chi connectivity index (χ1) is 55.5. The standard InChI is InChI=1S/C22H25NO4.C20H26O3.C20H26O2S.2C17H24O4/c1-4-15(2)17-9-11-18(12-10-17)27-16(3)26-14-13-23-21(24)19-7-5-6-8-20(19)22(23)25;1-4-16(2)18-10-12-20(13-11-18)23-17(3)21-14-15-22-19-8-6-5-7-9-19;1-4-16(2)18-10-12-19(13-11-18)22-17(3)21-14-15-23-20-8-6-5-7-9-20;2*1-5-13(3)15-7-9-16(10-8-15)21-14(4)19-11-12-20-17(18)6-2/h5-12,15-16H,4,13-14H2,1-3H3;2*5-13,16-17H,4,14-15H2,1-3H3;2*6-10,13-14H,2,5,11-12H2,1,3-4H3. The molecule has 0 saturated heterocycles. The van der Waals surface area contributed by atoms with Crippen molar-refractivity contribution in [2.24, 2.45) is 0 Å². The minimum Gasteiger partial charge on any atom is -0.491 e.